The van der Waals surface area contributed by atoms with E-state index in [0.717, 1.165) is 25.0 Å². The fourth-order valence-electron chi connectivity index (χ4n) is 3.86. The van der Waals surface area contributed by atoms with E-state index < -0.39 is 0 Å². The van der Waals surface area contributed by atoms with Crippen molar-refractivity contribution in [3.05, 3.63) is 42.2 Å². The summed E-state index contributed by atoms with van der Waals surface area (Å²) in [5.41, 5.74) is 1.02. The van der Waals surface area contributed by atoms with Crippen molar-refractivity contribution < 1.29 is 23.7 Å². The molecule has 0 aliphatic carbocycles. The van der Waals surface area contributed by atoms with E-state index in [1.54, 1.807) is 24.2 Å². The largest absolute Gasteiger partial charge is 0.493 e. The van der Waals surface area contributed by atoms with E-state index in [4.69, 9.17) is 18.9 Å². The lowest BCUT2D eigenvalue weighted by Gasteiger charge is -2.37. The number of amides is 1. The van der Waals surface area contributed by atoms with Crippen molar-refractivity contribution in [1.82, 2.24) is 14.7 Å². The highest BCUT2D eigenvalue weighted by Gasteiger charge is 2.34. The predicted molar refractivity (Wildman–Crippen MR) is 114 cm³/mol. The van der Waals surface area contributed by atoms with E-state index >= 15 is 0 Å². The first-order valence-corrected chi connectivity index (χ1v) is 10.8. The number of carbonyl (C=O) groups is 1. The molecule has 3 heterocycles. The molecule has 1 aromatic carbocycles. The van der Waals surface area contributed by atoms with Crippen molar-refractivity contribution in [2.45, 2.75) is 39.0 Å². The van der Waals surface area contributed by atoms with Crippen LogP contribution in [0, 0.1) is 5.41 Å². The zero-order chi connectivity index (χ0) is 21.7. The Hall–Kier alpha value is -2.58. The van der Waals surface area contributed by atoms with Crippen LogP contribution in [0.1, 0.15) is 25.3 Å². The second-order valence-corrected chi connectivity index (χ2v) is 8.69. The van der Waals surface area contributed by atoms with Crippen LogP contribution in [0.5, 0.6) is 11.5 Å². The van der Waals surface area contributed by atoms with Gasteiger partial charge in [0.15, 0.2) is 11.5 Å². The zero-order valence-electron chi connectivity index (χ0n) is 18.3. The summed E-state index contributed by atoms with van der Waals surface area (Å²) in [5, 5.41) is 4.17. The van der Waals surface area contributed by atoms with Crippen molar-refractivity contribution >= 4 is 5.91 Å². The van der Waals surface area contributed by atoms with E-state index in [0.29, 0.717) is 44.4 Å². The number of rotatable bonds is 10. The van der Waals surface area contributed by atoms with Gasteiger partial charge in [0.25, 0.3) is 0 Å². The van der Waals surface area contributed by atoms with Crippen LogP contribution in [0.4, 0.5) is 0 Å². The summed E-state index contributed by atoms with van der Waals surface area (Å²) >= 11 is 0. The molecule has 31 heavy (non-hydrogen) atoms. The van der Waals surface area contributed by atoms with Crippen LogP contribution in [-0.4, -0.2) is 66.8 Å². The van der Waals surface area contributed by atoms with E-state index in [2.05, 4.69) is 12.0 Å². The molecule has 2 fully saturated rings. The summed E-state index contributed by atoms with van der Waals surface area (Å²) in [4.78, 5) is 14.9. The van der Waals surface area contributed by atoms with Gasteiger partial charge in [-0.05, 0) is 36.6 Å². The van der Waals surface area contributed by atoms with Gasteiger partial charge in [-0.3, -0.25) is 9.48 Å². The fraction of sp³-hybridized carbons (Fsp3) is 0.565. The maximum absolute atomic E-state index is 13.1. The molecule has 2 aliphatic rings. The highest BCUT2D eigenvalue weighted by molar-refractivity contribution is 5.76. The number of aromatic nitrogens is 2. The number of methoxy groups -OCH3 is 1. The molecule has 0 radical (unpaired) electrons. The molecule has 1 aromatic heterocycles. The number of benzene rings is 1. The number of hydrogen-bond acceptors (Lipinski definition) is 6. The first-order valence-electron chi connectivity index (χ1n) is 10.8. The summed E-state index contributed by atoms with van der Waals surface area (Å²) in [6.07, 6.45) is 5.57. The molecule has 2 aliphatic heterocycles. The van der Waals surface area contributed by atoms with Crippen LogP contribution in [0.2, 0.25) is 0 Å². The van der Waals surface area contributed by atoms with Crippen molar-refractivity contribution in [2.75, 3.05) is 40.1 Å². The molecule has 2 aromatic rings. The van der Waals surface area contributed by atoms with Gasteiger partial charge in [-0.25, -0.2) is 0 Å². The Morgan fingerprint density at radius 3 is 2.87 bits per heavy atom. The average Bonchev–Trinajstić information content (AvgIpc) is 3.45. The normalized spacial score (nSPS) is 19.6. The van der Waals surface area contributed by atoms with E-state index in [1.165, 1.54) is 0 Å². The van der Waals surface area contributed by atoms with Gasteiger partial charge in [-0.2, -0.15) is 5.10 Å². The third-order valence-corrected chi connectivity index (χ3v) is 5.74. The third kappa shape index (κ3) is 5.57. The Morgan fingerprint density at radius 1 is 1.35 bits per heavy atom. The summed E-state index contributed by atoms with van der Waals surface area (Å²) in [5.74, 6) is 1.38. The average molecular weight is 430 g/mol. The van der Waals surface area contributed by atoms with Crippen LogP contribution in [0.3, 0.4) is 0 Å². The van der Waals surface area contributed by atoms with Gasteiger partial charge >= 0.3 is 0 Å². The van der Waals surface area contributed by atoms with Crippen molar-refractivity contribution in [1.29, 1.82) is 0 Å². The standard InChI is InChI=1S/C23H31N3O5/c1-23(15-29-16-23)17-31-21-11-18(6-7-20(21)28-2)12-25(13-19-5-3-10-30-19)22(27)14-26-9-4-8-24-26/h4,6-9,11,19H,3,5,10,12-17H2,1-2H3/t19-/m0/s1. The first-order chi connectivity index (χ1) is 15.0. The molecular weight excluding hydrogens is 398 g/mol. The molecule has 8 heteroatoms. The van der Waals surface area contributed by atoms with Crippen molar-refractivity contribution in [2.24, 2.45) is 5.41 Å². The van der Waals surface area contributed by atoms with Crippen LogP contribution in [0.25, 0.3) is 0 Å². The maximum Gasteiger partial charge on any atom is 0.244 e. The molecular formula is C23H31N3O5. The van der Waals surface area contributed by atoms with E-state index in [9.17, 15) is 4.79 Å². The Kier molecular flexibility index (Phi) is 6.77. The number of carbonyl (C=O) groups excluding carboxylic acids is 1. The predicted octanol–water partition coefficient (Wildman–Crippen LogP) is 2.51. The Morgan fingerprint density at radius 2 is 2.23 bits per heavy atom. The number of ether oxygens (including phenoxy) is 4. The lowest BCUT2D eigenvalue weighted by molar-refractivity contribution is -0.134. The van der Waals surface area contributed by atoms with Gasteiger partial charge < -0.3 is 23.8 Å². The second-order valence-electron chi connectivity index (χ2n) is 8.69. The lowest BCUT2D eigenvalue weighted by atomic mass is 9.90. The summed E-state index contributed by atoms with van der Waals surface area (Å²) in [6, 6.07) is 7.65. The highest BCUT2D eigenvalue weighted by atomic mass is 16.5. The minimum Gasteiger partial charge on any atom is -0.493 e. The molecule has 1 atom stereocenters. The maximum atomic E-state index is 13.1. The molecule has 1 amide bonds. The monoisotopic (exact) mass is 429 g/mol. The molecule has 0 unspecified atom stereocenters. The molecule has 0 bridgehead atoms. The third-order valence-electron chi connectivity index (χ3n) is 5.74. The molecule has 2 saturated heterocycles. The summed E-state index contributed by atoms with van der Waals surface area (Å²) in [7, 11) is 1.63. The van der Waals surface area contributed by atoms with Gasteiger partial charge in [0, 0.05) is 37.5 Å². The quantitative estimate of drug-likeness (QED) is 0.578. The lowest BCUT2D eigenvalue weighted by Crippen LogP contribution is -2.44. The van der Waals surface area contributed by atoms with Crippen molar-refractivity contribution in [3.63, 3.8) is 0 Å². The summed E-state index contributed by atoms with van der Waals surface area (Å²) in [6.45, 7) is 6.11. The Labute approximate surface area is 183 Å². The van der Waals surface area contributed by atoms with Crippen LogP contribution < -0.4 is 9.47 Å². The smallest absolute Gasteiger partial charge is 0.244 e. The van der Waals surface area contributed by atoms with Gasteiger partial charge in [-0.1, -0.05) is 13.0 Å². The van der Waals surface area contributed by atoms with Crippen LogP contribution >= 0.6 is 0 Å². The SMILES string of the molecule is COc1ccc(CN(C[C@@H]2CCCO2)C(=O)Cn2cccn2)cc1OCC1(C)COC1. The van der Waals surface area contributed by atoms with E-state index in [-0.39, 0.29) is 24.0 Å². The topological polar surface area (TPSA) is 75.1 Å². The van der Waals surface area contributed by atoms with Crippen molar-refractivity contribution in [3.8, 4) is 11.5 Å². The van der Waals surface area contributed by atoms with Crippen LogP contribution in [0.15, 0.2) is 36.7 Å². The minimum absolute atomic E-state index is 0.0108. The number of hydrogen-bond donors (Lipinski definition) is 0. The highest BCUT2D eigenvalue weighted by Crippen LogP contribution is 2.33. The van der Waals surface area contributed by atoms with Crippen LogP contribution in [-0.2, 0) is 27.4 Å². The van der Waals surface area contributed by atoms with Gasteiger partial charge in [-0.15, -0.1) is 0 Å². The second kappa shape index (κ2) is 9.70. The zero-order valence-corrected chi connectivity index (χ0v) is 18.3. The van der Waals surface area contributed by atoms with Gasteiger partial charge in [0.05, 0.1) is 33.0 Å². The summed E-state index contributed by atoms with van der Waals surface area (Å²) < 4.78 is 24.3. The molecule has 0 N–H and O–H groups in total. The first kappa shape index (κ1) is 21.6. The van der Waals surface area contributed by atoms with Gasteiger partial charge in [0.1, 0.15) is 6.54 Å². The molecule has 4 rings (SSSR count). The molecule has 168 valence electrons. The molecule has 8 nitrogen and oxygen atoms in total. The number of nitrogens with zero attached hydrogens (tertiary/aromatic N) is 3. The van der Waals surface area contributed by atoms with E-state index in [1.807, 2.05) is 29.2 Å². The molecule has 0 saturated carbocycles. The Balaban J connectivity index is 1.47. The minimum atomic E-state index is 0.0108. The Bertz CT molecular complexity index is 860. The fourth-order valence-corrected chi connectivity index (χ4v) is 3.86. The van der Waals surface area contributed by atoms with Gasteiger partial charge in [0.2, 0.25) is 5.91 Å². The molecule has 0 spiro atoms.